The van der Waals surface area contributed by atoms with E-state index in [1.807, 2.05) is 13.8 Å². The maximum absolute atomic E-state index is 14.1. The molecule has 49 heavy (non-hydrogen) atoms. The summed E-state index contributed by atoms with van der Waals surface area (Å²) in [7, 11) is 1.39. The first-order valence-corrected chi connectivity index (χ1v) is 17.0. The molecular weight excluding hydrogens is 659 g/mol. The van der Waals surface area contributed by atoms with Gasteiger partial charge in [0.15, 0.2) is 0 Å². The van der Waals surface area contributed by atoms with Gasteiger partial charge in [0.1, 0.15) is 34.5 Å². The fraction of sp³-hybridized carbons (Fsp3) is 0.471. The van der Waals surface area contributed by atoms with Crippen LogP contribution < -0.4 is 14.2 Å². The molecule has 13 nitrogen and oxygen atoms in total. The summed E-state index contributed by atoms with van der Waals surface area (Å²) in [5, 5.41) is 12.4. The molecule has 1 saturated heterocycles. The molecule has 0 bridgehead atoms. The molecule has 264 valence electrons. The number of carbonyl (C=O) groups is 2. The first kappa shape index (κ1) is 37.3. The van der Waals surface area contributed by atoms with E-state index in [9.17, 15) is 24.1 Å². The van der Waals surface area contributed by atoms with Crippen LogP contribution in [0.5, 0.6) is 17.4 Å². The van der Waals surface area contributed by atoms with Crippen molar-refractivity contribution in [2.45, 2.75) is 64.5 Å². The van der Waals surface area contributed by atoms with E-state index in [-0.39, 0.29) is 42.6 Å². The van der Waals surface area contributed by atoms with Gasteiger partial charge in [-0.05, 0) is 56.7 Å². The van der Waals surface area contributed by atoms with Crippen LogP contribution in [0.1, 0.15) is 56.2 Å². The normalized spacial score (nSPS) is 16.2. The molecule has 1 unspecified atom stereocenters. The van der Waals surface area contributed by atoms with Crippen molar-refractivity contribution in [1.29, 1.82) is 0 Å². The molecule has 1 amide bonds. The number of benzene rings is 2. The van der Waals surface area contributed by atoms with Crippen LogP contribution in [0.3, 0.4) is 0 Å². The lowest BCUT2D eigenvalue weighted by Gasteiger charge is -2.30. The lowest BCUT2D eigenvalue weighted by Crippen LogP contribution is -2.43. The summed E-state index contributed by atoms with van der Waals surface area (Å²) < 4.78 is 41.8. The van der Waals surface area contributed by atoms with Crippen molar-refractivity contribution in [3.63, 3.8) is 0 Å². The van der Waals surface area contributed by atoms with E-state index >= 15 is 0 Å². The molecule has 15 heteroatoms. The fourth-order valence-corrected chi connectivity index (χ4v) is 6.54. The van der Waals surface area contributed by atoms with E-state index < -0.39 is 40.1 Å². The van der Waals surface area contributed by atoms with E-state index in [4.69, 9.17) is 23.7 Å². The van der Waals surface area contributed by atoms with Gasteiger partial charge in [-0.2, -0.15) is 4.98 Å². The van der Waals surface area contributed by atoms with Crippen molar-refractivity contribution in [2.75, 3.05) is 39.2 Å². The van der Waals surface area contributed by atoms with Gasteiger partial charge in [0.2, 0.25) is 11.6 Å². The zero-order valence-corrected chi connectivity index (χ0v) is 29.0. The Morgan fingerprint density at radius 3 is 2.45 bits per heavy atom. The maximum Gasteiger partial charge on any atom is 0.323 e. The van der Waals surface area contributed by atoms with Gasteiger partial charge in [-0.25, -0.2) is 9.37 Å². The number of likely N-dealkylation sites (tertiary alicyclic amines) is 1. The number of thioether (sulfide) groups is 1. The Labute approximate surface area is 288 Å². The average molecular weight is 701 g/mol. The number of nitro benzene ring substituents is 1. The van der Waals surface area contributed by atoms with Crippen molar-refractivity contribution >= 4 is 29.3 Å². The topological polar surface area (TPSA) is 152 Å². The number of carbonyl (C=O) groups excluding carboxylic acids is 2. The van der Waals surface area contributed by atoms with Crippen LogP contribution in [0.15, 0.2) is 42.5 Å². The van der Waals surface area contributed by atoms with Crippen LogP contribution in [0.4, 0.5) is 10.1 Å². The molecule has 2 aromatic carbocycles. The molecule has 0 N–H and O–H groups in total. The third kappa shape index (κ3) is 10.0. The Kier molecular flexibility index (Phi) is 13.5. The fourth-order valence-electron chi connectivity index (χ4n) is 5.50. The van der Waals surface area contributed by atoms with Gasteiger partial charge in [0.05, 0.1) is 43.5 Å². The highest BCUT2D eigenvalue weighted by Crippen LogP contribution is 2.39. The minimum atomic E-state index is -0.642. The van der Waals surface area contributed by atoms with E-state index in [1.54, 1.807) is 25.1 Å². The summed E-state index contributed by atoms with van der Waals surface area (Å²) >= 11 is 1.50. The SMILES string of the molecule is CCOC(SCC)[C@@H]1C[C@@H](OC(C)=O)CN1C(=O)c1cc(OC)cc(OCCCCOc2cc(-c3ccc(F)cc3)nc(C)n2)c1[N+](=O)[O-]. The van der Waals surface area contributed by atoms with Crippen molar-refractivity contribution in [3.05, 3.63) is 69.8 Å². The number of methoxy groups -OCH3 is 1. The van der Waals surface area contributed by atoms with Gasteiger partial charge in [-0.1, -0.05) is 6.92 Å². The van der Waals surface area contributed by atoms with E-state index in [0.29, 0.717) is 49.0 Å². The van der Waals surface area contributed by atoms with Crippen LogP contribution >= 0.6 is 11.8 Å². The van der Waals surface area contributed by atoms with Crippen molar-refractivity contribution in [3.8, 4) is 28.6 Å². The Morgan fingerprint density at radius 2 is 1.82 bits per heavy atom. The number of halogens is 1. The maximum atomic E-state index is 14.1. The number of nitro groups is 1. The number of aromatic nitrogens is 2. The minimum Gasteiger partial charge on any atom is -0.497 e. The molecular formula is C34H41FN4O9S. The quantitative estimate of drug-likeness (QED) is 0.0533. The molecule has 0 aliphatic carbocycles. The van der Waals surface area contributed by atoms with Crippen molar-refractivity contribution < 1.29 is 42.6 Å². The van der Waals surface area contributed by atoms with E-state index in [0.717, 1.165) is 5.56 Å². The predicted octanol–water partition coefficient (Wildman–Crippen LogP) is 6.01. The number of aryl methyl sites for hydroxylation is 1. The second kappa shape index (κ2) is 17.8. The van der Waals surface area contributed by atoms with Crippen molar-refractivity contribution in [1.82, 2.24) is 14.9 Å². The molecule has 2 heterocycles. The van der Waals surface area contributed by atoms with Crippen LogP contribution in [0, 0.1) is 22.9 Å². The zero-order chi connectivity index (χ0) is 35.5. The lowest BCUT2D eigenvalue weighted by molar-refractivity contribution is -0.386. The lowest BCUT2D eigenvalue weighted by atomic mass is 10.1. The standard InChI is InChI=1S/C34H41FN4O9S/c1-6-45-34(49-7-2)29-17-26(48-22(4)40)20-38(29)33(41)27-16-25(44-5)18-30(32(27)39(42)43)46-14-8-9-15-47-31-19-28(36-21(3)37-31)23-10-12-24(35)13-11-23/h10-13,16,18-19,26,29,34H,6-9,14-15,17,20H2,1-5H3/t26-,29+,34?/m1/s1. The first-order valence-electron chi connectivity index (χ1n) is 16.0. The Morgan fingerprint density at radius 1 is 1.10 bits per heavy atom. The second-order valence-corrected chi connectivity index (χ2v) is 12.5. The monoisotopic (exact) mass is 700 g/mol. The third-order valence-electron chi connectivity index (χ3n) is 7.57. The summed E-state index contributed by atoms with van der Waals surface area (Å²) in [5.74, 6) is 0.214. The van der Waals surface area contributed by atoms with Crippen LogP contribution in [-0.2, 0) is 14.3 Å². The summed E-state index contributed by atoms with van der Waals surface area (Å²) in [5.41, 5.74) is 0.201. The van der Waals surface area contributed by atoms with E-state index in [1.165, 1.54) is 55.0 Å². The summed E-state index contributed by atoms with van der Waals surface area (Å²) in [6, 6.07) is 9.84. The second-order valence-electron chi connectivity index (χ2n) is 11.1. The molecule has 1 fully saturated rings. The molecule has 1 aromatic heterocycles. The summed E-state index contributed by atoms with van der Waals surface area (Å²) in [6.45, 7) is 7.67. The Balaban J connectivity index is 1.46. The number of rotatable bonds is 17. The molecule has 0 spiro atoms. The number of unbranched alkanes of at least 4 members (excludes halogenated alkanes) is 1. The van der Waals surface area contributed by atoms with E-state index in [2.05, 4.69) is 9.97 Å². The molecule has 1 aliphatic rings. The predicted molar refractivity (Wildman–Crippen MR) is 181 cm³/mol. The highest BCUT2D eigenvalue weighted by molar-refractivity contribution is 7.99. The number of esters is 1. The molecule has 0 saturated carbocycles. The van der Waals surface area contributed by atoms with Gasteiger partial charge >= 0.3 is 11.7 Å². The van der Waals surface area contributed by atoms with Crippen LogP contribution in [0.2, 0.25) is 0 Å². The Bertz CT molecular complexity index is 1610. The zero-order valence-electron chi connectivity index (χ0n) is 28.2. The van der Waals surface area contributed by atoms with Gasteiger partial charge < -0.3 is 28.6 Å². The van der Waals surface area contributed by atoms with Gasteiger partial charge in [0.25, 0.3) is 5.91 Å². The van der Waals surface area contributed by atoms with Gasteiger partial charge in [0, 0.05) is 43.7 Å². The average Bonchev–Trinajstić information content (AvgIpc) is 3.48. The third-order valence-corrected chi connectivity index (χ3v) is 8.68. The van der Waals surface area contributed by atoms with Crippen molar-refractivity contribution in [2.24, 2.45) is 0 Å². The number of nitrogens with zero attached hydrogens (tertiary/aromatic N) is 4. The van der Waals surface area contributed by atoms with Gasteiger partial charge in [-0.15, -0.1) is 11.8 Å². The highest BCUT2D eigenvalue weighted by Gasteiger charge is 2.44. The molecule has 3 aromatic rings. The first-order chi connectivity index (χ1) is 23.5. The number of hydrogen-bond donors (Lipinski definition) is 0. The van der Waals surface area contributed by atoms with Crippen LogP contribution in [-0.4, -0.2) is 88.5 Å². The minimum absolute atomic E-state index is 0.0543. The highest BCUT2D eigenvalue weighted by atomic mass is 32.2. The number of hydrogen-bond acceptors (Lipinski definition) is 12. The largest absolute Gasteiger partial charge is 0.497 e. The smallest absolute Gasteiger partial charge is 0.323 e. The number of ether oxygens (including phenoxy) is 5. The van der Waals surface area contributed by atoms with Gasteiger partial charge in [-0.3, -0.25) is 19.7 Å². The molecule has 3 atom stereocenters. The molecule has 4 rings (SSSR count). The Hall–Kier alpha value is -4.50. The van der Waals surface area contributed by atoms with Crippen LogP contribution in [0.25, 0.3) is 11.3 Å². The summed E-state index contributed by atoms with van der Waals surface area (Å²) in [4.78, 5) is 47.8. The summed E-state index contributed by atoms with van der Waals surface area (Å²) in [6.07, 6.45) is 0.734. The number of amides is 1. The molecule has 0 radical (unpaired) electrons. The molecule has 1 aliphatic heterocycles.